The zero-order valence-electron chi connectivity index (χ0n) is 10.5. The average molecular weight is 302 g/mol. The highest BCUT2D eigenvalue weighted by Crippen LogP contribution is 2.28. The molecule has 1 saturated heterocycles. The molecule has 0 aliphatic carbocycles. The van der Waals surface area contributed by atoms with Crippen LogP contribution in [0.4, 0.5) is 0 Å². The Morgan fingerprint density at radius 1 is 1.47 bits per heavy atom. The van der Waals surface area contributed by atoms with Gasteiger partial charge in [0.1, 0.15) is 0 Å². The summed E-state index contributed by atoms with van der Waals surface area (Å²) in [6, 6.07) is 0. The van der Waals surface area contributed by atoms with Crippen LogP contribution in [0, 0.1) is 6.92 Å². The molecule has 1 fully saturated rings. The molecule has 1 aliphatic rings. The van der Waals surface area contributed by atoms with Gasteiger partial charge in [-0.2, -0.15) is 5.10 Å². The number of halogens is 1. The van der Waals surface area contributed by atoms with E-state index in [0.717, 1.165) is 49.1 Å². The molecule has 17 heavy (non-hydrogen) atoms. The Kier molecular flexibility index (Phi) is 3.90. The number of nitrogens with two attached hydrogens (primary N) is 1. The molecular weight excluding hydrogens is 282 g/mol. The zero-order chi connectivity index (χ0) is 12.5. The number of hydrogen-bond donors (Lipinski definition) is 1. The van der Waals surface area contributed by atoms with Crippen molar-refractivity contribution in [3.05, 3.63) is 15.9 Å². The predicted octanol–water partition coefficient (Wildman–Crippen LogP) is 1.93. The van der Waals surface area contributed by atoms with Crippen molar-refractivity contribution in [2.24, 2.45) is 12.8 Å². The van der Waals surface area contributed by atoms with E-state index in [-0.39, 0.29) is 5.54 Å². The first-order valence-electron chi connectivity index (χ1n) is 6.06. The molecule has 1 aromatic rings. The molecule has 0 saturated carbocycles. The van der Waals surface area contributed by atoms with Crippen molar-refractivity contribution in [1.82, 2.24) is 9.78 Å². The van der Waals surface area contributed by atoms with Crippen molar-refractivity contribution in [3.8, 4) is 0 Å². The molecule has 96 valence electrons. The topological polar surface area (TPSA) is 53.1 Å². The number of ether oxygens (including phenoxy) is 1. The van der Waals surface area contributed by atoms with Gasteiger partial charge in [0.2, 0.25) is 0 Å². The lowest BCUT2D eigenvalue weighted by Gasteiger charge is -2.27. The van der Waals surface area contributed by atoms with Crippen molar-refractivity contribution in [3.63, 3.8) is 0 Å². The fourth-order valence-electron chi connectivity index (χ4n) is 2.41. The number of hydrogen-bond acceptors (Lipinski definition) is 3. The van der Waals surface area contributed by atoms with Crippen LogP contribution in [0.25, 0.3) is 0 Å². The third-order valence-corrected chi connectivity index (χ3v) is 4.52. The highest BCUT2D eigenvalue weighted by atomic mass is 79.9. The first kappa shape index (κ1) is 13.1. The average Bonchev–Trinajstić information content (AvgIpc) is 2.48. The molecule has 1 aromatic heterocycles. The van der Waals surface area contributed by atoms with Crippen molar-refractivity contribution in [2.75, 3.05) is 13.2 Å². The fraction of sp³-hybridized carbons (Fsp3) is 0.750. The van der Waals surface area contributed by atoms with Gasteiger partial charge >= 0.3 is 0 Å². The number of nitrogens with zero attached hydrogens (tertiary/aromatic N) is 2. The maximum absolute atomic E-state index is 6.50. The number of rotatable bonds is 2. The third kappa shape index (κ3) is 2.89. The van der Waals surface area contributed by atoms with Crippen molar-refractivity contribution < 1.29 is 4.74 Å². The minimum Gasteiger partial charge on any atom is -0.381 e. The van der Waals surface area contributed by atoms with Crippen LogP contribution in [0.5, 0.6) is 0 Å². The Balaban J connectivity index is 2.18. The van der Waals surface area contributed by atoms with Crippen molar-refractivity contribution in [1.29, 1.82) is 0 Å². The van der Waals surface area contributed by atoms with Gasteiger partial charge in [0.15, 0.2) is 0 Å². The number of aromatic nitrogens is 2. The van der Waals surface area contributed by atoms with E-state index in [1.54, 1.807) is 0 Å². The van der Waals surface area contributed by atoms with Gasteiger partial charge in [0.25, 0.3) is 0 Å². The molecule has 0 bridgehead atoms. The van der Waals surface area contributed by atoms with E-state index in [2.05, 4.69) is 21.0 Å². The molecule has 0 radical (unpaired) electrons. The van der Waals surface area contributed by atoms with Gasteiger partial charge in [0.05, 0.1) is 15.9 Å². The van der Waals surface area contributed by atoms with Gasteiger partial charge in [-0.15, -0.1) is 0 Å². The van der Waals surface area contributed by atoms with E-state index in [1.165, 1.54) is 5.69 Å². The van der Waals surface area contributed by atoms with Crippen LogP contribution in [-0.4, -0.2) is 28.5 Å². The summed E-state index contributed by atoms with van der Waals surface area (Å²) in [5, 5.41) is 4.41. The third-order valence-electron chi connectivity index (χ3n) is 3.49. The Hall–Kier alpha value is -0.390. The summed E-state index contributed by atoms with van der Waals surface area (Å²) in [4.78, 5) is 0. The van der Waals surface area contributed by atoms with Gasteiger partial charge in [0, 0.05) is 32.2 Å². The largest absolute Gasteiger partial charge is 0.381 e. The summed E-state index contributed by atoms with van der Waals surface area (Å²) in [7, 11) is 1.98. The van der Waals surface area contributed by atoms with Crippen LogP contribution >= 0.6 is 15.9 Å². The lowest BCUT2D eigenvalue weighted by molar-refractivity contribution is 0.139. The molecule has 4 nitrogen and oxygen atoms in total. The highest BCUT2D eigenvalue weighted by molar-refractivity contribution is 9.10. The van der Waals surface area contributed by atoms with Crippen LogP contribution in [0.3, 0.4) is 0 Å². The maximum atomic E-state index is 6.50. The van der Waals surface area contributed by atoms with Crippen molar-refractivity contribution >= 4 is 15.9 Å². The van der Waals surface area contributed by atoms with Gasteiger partial charge in [-0.3, -0.25) is 4.68 Å². The van der Waals surface area contributed by atoms with E-state index >= 15 is 0 Å². The summed E-state index contributed by atoms with van der Waals surface area (Å²) in [5.74, 6) is 0. The molecule has 1 unspecified atom stereocenters. The minimum atomic E-state index is -0.154. The second-order valence-electron chi connectivity index (χ2n) is 4.97. The summed E-state index contributed by atoms with van der Waals surface area (Å²) in [6.45, 7) is 3.61. The van der Waals surface area contributed by atoms with E-state index < -0.39 is 0 Å². The summed E-state index contributed by atoms with van der Waals surface area (Å²) >= 11 is 3.60. The summed E-state index contributed by atoms with van der Waals surface area (Å²) < 4.78 is 8.50. The second-order valence-corrected chi connectivity index (χ2v) is 5.77. The molecular formula is C12H20BrN3O. The molecule has 0 aromatic carbocycles. The maximum Gasteiger partial charge on any atom is 0.0738 e. The van der Waals surface area contributed by atoms with Gasteiger partial charge in [-0.05, 0) is 42.1 Å². The van der Waals surface area contributed by atoms with Crippen LogP contribution in [-0.2, 0) is 18.2 Å². The molecule has 2 rings (SSSR count). The van der Waals surface area contributed by atoms with Crippen molar-refractivity contribution in [2.45, 2.75) is 38.1 Å². The van der Waals surface area contributed by atoms with E-state index in [9.17, 15) is 0 Å². The molecule has 1 aliphatic heterocycles. The molecule has 2 N–H and O–H groups in total. The fourth-order valence-corrected chi connectivity index (χ4v) is 2.89. The Bertz CT molecular complexity index is 395. The van der Waals surface area contributed by atoms with Gasteiger partial charge < -0.3 is 10.5 Å². The summed E-state index contributed by atoms with van der Waals surface area (Å²) in [6.07, 6.45) is 3.84. The highest BCUT2D eigenvalue weighted by Gasteiger charge is 2.29. The normalized spacial score (nSPS) is 25.9. The quantitative estimate of drug-likeness (QED) is 0.908. The molecule has 5 heteroatoms. The molecule has 0 spiro atoms. The van der Waals surface area contributed by atoms with Crippen LogP contribution in [0.15, 0.2) is 4.47 Å². The Morgan fingerprint density at radius 3 is 2.88 bits per heavy atom. The minimum absolute atomic E-state index is 0.154. The lowest BCUT2D eigenvalue weighted by Crippen LogP contribution is -2.42. The zero-order valence-corrected chi connectivity index (χ0v) is 12.1. The van der Waals surface area contributed by atoms with E-state index in [0.29, 0.717) is 0 Å². The van der Waals surface area contributed by atoms with Crippen LogP contribution in [0.1, 0.15) is 30.7 Å². The smallest absolute Gasteiger partial charge is 0.0738 e. The van der Waals surface area contributed by atoms with E-state index in [4.69, 9.17) is 10.5 Å². The SMILES string of the molecule is Cc1nn(C)c(CC2(N)CCCOCC2)c1Br. The first-order valence-corrected chi connectivity index (χ1v) is 6.86. The van der Waals surface area contributed by atoms with Crippen LogP contribution in [0.2, 0.25) is 0 Å². The van der Waals surface area contributed by atoms with Gasteiger partial charge in [-0.25, -0.2) is 0 Å². The lowest BCUT2D eigenvalue weighted by atomic mass is 9.87. The second kappa shape index (κ2) is 5.08. The summed E-state index contributed by atoms with van der Waals surface area (Å²) in [5.41, 5.74) is 8.55. The Morgan fingerprint density at radius 2 is 2.24 bits per heavy atom. The standard InChI is InChI=1S/C12H20BrN3O/c1-9-11(13)10(16(2)15-9)8-12(14)4-3-6-17-7-5-12/h3-8,14H2,1-2H3. The van der Waals surface area contributed by atoms with E-state index in [1.807, 2.05) is 18.7 Å². The number of aryl methyl sites for hydroxylation is 2. The Labute approximate surface area is 111 Å². The monoisotopic (exact) mass is 301 g/mol. The molecule has 0 amide bonds. The first-order chi connectivity index (χ1) is 8.02. The molecule has 2 heterocycles. The van der Waals surface area contributed by atoms with Gasteiger partial charge in [-0.1, -0.05) is 0 Å². The van der Waals surface area contributed by atoms with Crippen LogP contribution < -0.4 is 5.73 Å². The predicted molar refractivity (Wildman–Crippen MR) is 70.9 cm³/mol. The molecule has 1 atom stereocenters.